The molecule has 2 saturated heterocycles. The molecule has 22 heavy (non-hydrogen) atoms. The molecule has 0 unspecified atom stereocenters. The van der Waals surface area contributed by atoms with Crippen LogP contribution >= 0.6 is 0 Å². The molecule has 5 nitrogen and oxygen atoms in total. The van der Waals surface area contributed by atoms with Gasteiger partial charge in [0.2, 0.25) is 10.0 Å². The molecule has 1 aromatic carbocycles. The van der Waals surface area contributed by atoms with Crippen molar-refractivity contribution in [1.29, 1.82) is 0 Å². The van der Waals surface area contributed by atoms with Crippen LogP contribution in [-0.4, -0.2) is 44.3 Å². The minimum Gasteiger partial charge on any atom is -0.299 e. The number of benzene rings is 1. The topological polar surface area (TPSA) is 66.5 Å². The van der Waals surface area contributed by atoms with E-state index in [1.807, 2.05) is 0 Å². The van der Waals surface area contributed by atoms with E-state index in [2.05, 4.69) is 9.62 Å². The predicted molar refractivity (Wildman–Crippen MR) is 84.4 cm³/mol. The van der Waals surface area contributed by atoms with Crippen LogP contribution in [0.2, 0.25) is 0 Å². The largest absolute Gasteiger partial charge is 0.299 e. The zero-order chi connectivity index (χ0) is 15.7. The lowest BCUT2D eigenvalue weighted by molar-refractivity contribution is 0.101. The van der Waals surface area contributed by atoms with Crippen molar-refractivity contribution in [2.45, 2.75) is 49.6 Å². The maximum Gasteiger partial charge on any atom is 0.240 e. The fourth-order valence-electron chi connectivity index (χ4n) is 3.53. The third-order valence-electron chi connectivity index (χ3n) is 4.71. The first-order chi connectivity index (χ1) is 10.5. The zero-order valence-corrected chi connectivity index (χ0v) is 13.6. The maximum absolute atomic E-state index is 12.6. The lowest BCUT2D eigenvalue weighted by Crippen LogP contribution is -2.46. The molecule has 0 bridgehead atoms. The first-order valence-electron chi connectivity index (χ1n) is 7.85. The summed E-state index contributed by atoms with van der Waals surface area (Å²) in [4.78, 5) is 14.0. The van der Waals surface area contributed by atoms with E-state index in [9.17, 15) is 13.2 Å². The fraction of sp³-hybridized carbons (Fsp3) is 0.562. The summed E-state index contributed by atoms with van der Waals surface area (Å²) in [6.07, 6.45) is 4.28. The van der Waals surface area contributed by atoms with Gasteiger partial charge in [-0.25, -0.2) is 13.1 Å². The molecule has 6 heteroatoms. The molecule has 0 amide bonds. The second-order valence-electron chi connectivity index (χ2n) is 6.20. The first-order valence-corrected chi connectivity index (χ1v) is 9.33. The molecule has 2 aliphatic rings. The number of hydrogen-bond acceptors (Lipinski definition) is 4. The van der Waals surface area contributed by atoms with E-state index in [1.54, 1.807) is 18.2 Å². The van der Waals surface area contributed by atoms with Crippen molar-refractivity contribution >= 4 is 15.8 Å². The molecule has 0 radical (unpaired) electrons. The predicted octanol–water partition coefficient (Wildman–Crippen LogP) is 1.79. The molecule has 2 aliphatic heterocycles. The van der Waals surface area contributed by atoms with Crippen LogP contribution in [-0.2, 0) is 10.0 Å². The van der Waals surface area contributed by atoms with Crippen molar-refractivity contribution in [3.05, 3.63) is 29.8 Å². The minimum absolute atomic E-state index is 0.0220. The quantitative estimate of drug-likeness (QED) is 0.858. The number of sulfonamides is 1. The molecule has 2 heterocycles. The van der Waals surface area contributed by atoms with Gasteiger partial charge in [-0.05, 0) is 44.9 Å². The van der Waals surface area contributed by atoms with Gasteiger partial charge in [-0.2, -0.15) is 0 Å². The molecule has 1 aromatic rings. The second kappa shape index (κ2) is 6.10. The van der Waals surface area contributed by atoms with Gasteiger partial charge < -0.3 is 0 Å². The average Bonchev–Trinajstić information content (AvgIpc) is 2.90. The molecular weight excluding hydrogens is 300 g/mol. The minimum atomic E-state index is -3.58. The third kappa shape index (κ3) is 3.09. The van der Waals surface area contributed by atoms with Gasteiger partial charge in [0.25, 0.3) is 0 Å². The zero-order valence-electron chi connectivity index (χ0n) is 12.8. The van der Waals surface area contributed by atoms with Gasteiger partial charge in [0.1, 0.15) is 0 Å². The molecule has 2 atom stereocenters. The van der Waals surface area contributed by atoms with Gasteiger partial charge in [-0.3, -0.25) is 9.69 Å². The molecule has 3 rings (SSSR count). The van der Waals surface area contributed by atoms with E-state index in [4.69, 9.17) is 0 Å². The van der Waals surface area contributed by atoms with Crippen molar-refractivity contribution in [3.8, 4) is 0 Å². The van der Waals surface area contributed by atoms with Crippen molar-refractivity contribution in [2.24, 2.45) is 0 Å². The molecule has 0 aromatic heterocycles. The van der Waals surface area contributed by atoms with E-state index in [-0.39, 0.29) is 16.7 Å². The highest BCUT2D eigenvalue weighted by atomic mass is 32.2. The van der Waals surface area contributed by atoms with E-state index in [0.29, 0.717) is 11.6 Å². The Balaban J connectivity index is 1.79. The number of rotatable bonds is 4. The standard InChI is InChI=1S/C16H22N2O3S/c1-12(19)13-5-4-6-14(11-13)22(20,21)17-15-8-10-18-9-3-2-7-16(15)18/h4-6,11,15-17H,2-3,7-10H2,1H3/t15-,16+/m1/s1. The molecule has 0 aliphatic carbocycles. The highest BCUT2D eigenvalue weighted by Crippen LogP contribution is 2.28. The number of Topliss-reactive ketones (excluding diaryl/α,β-unsaturated/α-hetero) is 1. The third-order valence-corrected chi connectivity index (χ3v) is 6.20. The smallest absolute Gasteiger partial charge is 0.240 e. The van der Waals surface area contributed by atoms with Crippen molar-refractivity contribution in [2.75, 3.05) is 13.1 Å². The van der Waals surface area contributed by atoms with Gasteiger partial charge in [0.05, 0.1) is 4.90 Å². The van der Waals surface area contributed by atoms with E-state index < -0.39 is 10.0 Å². The summed E-state index contributed by atoms with van der Waals surface area (Å²) in [6.45, 7) is 3.48. The monoisotopic (exact) mass is 322 g/mol. The normalized spacial score (nSPS) is 25.9. The molecule has 0 saturated carbocycles. The highest BCUT2D eigenvalue weighted by molar-refractivity contribution is 7.89. The Labute approximate surface area is 131 Å². The number of piperidine rings is 1. The van der Waals surface area contributed by atoms with E-state index in [1.165, 1.54) is 25.8 Å². The van der Waals surface area contributed by atoms with Gasteiger partial charge in [0.15, 0.2) is 5.78 Å². The van der Waals surface area contributed by atoms with Crippen LogP contribution < -0.4 is 4.72 Å². The van der Waals surface area contributed by atoms with Gasteiger partial charge >= 0.3 is 0 Å². The summed E-state index contributed by atoms with van der Waals surface area (Å²) in [6, 6.07) is 6.55. The van der Waals surface area contributed by atoms with Crippen LogP contribution in [0.5, 0.6) is 0 Å². The lowest BCUT2D eigenvalue weighted by atomic mass is 10.00. The van der Waals surface area contributed by atoms with E-state index in [0.717, 1.165) is 25.9 Å². The Hall–Kier alpha value is -1.24. The summed E-state index contributed by atoms with van der Waals surface area (Å²) in [5, 5.41) is 0. The van der Waals surface area contributed by atoms with Gasteiger partial charge in [0, 0.05) is 24.2 Å². The number of carbonyl (C=O) groups excluding carboxylic acids is 1. The number of nitrogens with one attached hydrogen (secondary N) is 1. The van der Waals surface area contributed by atoms with Crippen LogP contribution in [0.3, 0.4) is 0 Å². The second-order valence-corrected chi connectivity index (χ2v) is 7.91. The Bertz CT molecular complexity index is 672. The number of carbonyl (C=O) groups is 1. The van der Waals surface area contributed by atoms with Crippen molar-refractivity contribution in [1.82, 2.24) is 9.62 Å². The van der Waals surface area contributed by atoms with Crippen molar-refractivity contribution in [3.63, 3.8) is 0 Å². The molecule has 0 spiro atoms. The summed E-state index contributed by atoms with van der Waals surface area (Å²) in [5.74, 6) is -0.128. The van der Waals surface area contributed by atoms with Gasteiger partial charge in [-0.15, -0.1) is 0 Å². The number of nitrogens with zero attached hydrogens (tertiary/aromatic N) is 1. The molecule has 2 fully saturated rings. The van der Waals surface area contributed by atoms with Crippen LogP contribution in [0.4, 0.5) is 0 Å². The van der Waals surface area contributed by atoms with Crippen LogP contribution in [0.1, 0.15) is 43.0 Å². The Kier molecular flexibility index (Phi) is 4.34. The number of fused-ring (bicyclic) bond motifs is 1. The molecule has 1 N–H and O–H groups in total. The number of ketones is 1. The van der Waals surface area contributed by atoms with Crippen LogP contribution in [0, 0.1) is 0 Å². The number of hydrogen-bond donors (Lipinski definition) is 1. The van der Waals surface area contributed by atoms with Gasteiger partial charge in [-0.1, -0.05) is 18.6 Å². The Morgan fingerprint density at radius 3 is 2.82 bits per heavy atom. The average molecular weight is 322 g/mol. The maximum atomic E-state index is 12.6. The molecular formula is C16H22N2O3S. The summed E-state index contributed by atoms with van der Waals surface area (Å²) in [5.41, 5.74) is 0.425. The van der Waals surface area contributed by atoms with Crippen molar-refractivity contribution < 1.29 is 13.2 Å². The SMILES string of the molecule is CC(=O)c1cccc(S(=O)(=O)N[C@@H]2CCN3CCCC[C@@H]23)c1. The summed E-state index contributed by atoms with van der Waals surface area (Å²) in [7, 11) is -3.58. The fourth-order valence-corrected chi connectivity index (χ4v) is 4.88. The van der Waals surface area contributed by atoms with Crippen LogP contribution in [0.25, 0.3) is 0 Å². The van der Waals surface area contributed by atoms with E-state index >= 15 is 0 Å². The Morgan fingerprint density at radius 2 is 2.05 bits per heavy atom. The first kappa shape index (κ1) is 15.6. The van der Waals surface area contributed by atoms with Crippen LogP contribution in [0.15, 0.2) is 29.2 Å². The molecule has 120 valence electrons. The highest BCUT2D eigenvalue weighted by Gasteiger charge is 2.37. The summed E-state index contributed by atoms with van der Waals surface area (Å²) < 4.78 is 28.0. The Morgan fingerprint density at radius 1 is 1.23 bits per heavy atom. The summed E-state index contributed by atoms with van der Waals surface area (Å²) >= 11 is 0. The lowest BCUT2D eigenvalue weighted by Gasteiger charge is -2.32.